The van der Waals surface area contributed by atoms with Crippen LogP contribution in [-0.4, -0.2) is 50.4 Å². The van der Waals surface area contributed by atoms with Gasteiger partial charge >= 0.3 is 0 Å². The van der Waals surface area contributed by atoms with Crippen LogP contribution in [0.1, 0.15) is 6.42 Å². The summed E-state index contributed by atoms with van der Waals surface area (Å²) < 4.78 is 13.2. The molecule has 6 heteroatoms. The zero-order valence-corrected chi connectivity index (χ0v) is 12.3. The maximum atomic E-state index is 13.2. The molecule has 1 unspecified atom stereocenters. The van der Waals surface area contributed by atoms with Crippen molar-refractivity contribution in [2.24, 2.45) is 5.92 Å². The number of nitrogens with one attached hydrogen (secondary N) is 1. The van der Waals surface area contributed by atoms with Crippen LogP contribution in [0.3, 0.4) is 0 Å². The minimum absolute atomic E-state index is 0.121. The number of rotatable bonds is 5. The van der Waals surface area contributed by atoms with E-state index in [0.717, 1.165) is 6.54 Å². The molecule has 0 saturated carbocycles. The van der Waals surface area contributed by atoms with Crippen LogP contribution in [0.25, 0.3) is 0 Å². The second-order valence-electron chi connectivity index (χ2n) is 5.48. The Kier molecular flexibility index (Phi) is 4.90. The number of benzene rings is 1. The molecule has 0 aromatic heterocycles. The molecule has 1 aromatic rings. The lowest BCUT2D eigenvalue weighted by Crippen LogP contribution is -2.36. The van der Waals surface area contributed by atoms with Crippen molar-refractivity contribution in [2.75, 3.05) is 38.6 Å². The van der Waals surface area contributed by atoms with Gasteiger partial charge in [0.25, 0.3) is 0 Å². The van der Waals surface area contributed by atoms with Gasteiger partial charge in [0.2, 0.25) is 11.8 Å². The third-order valence-corrected chi connectivity index (χ3v) is 3.47. The van der Waals surface area contributed by atoms with E-state index in [4.69, 9.17) is 0 Å². The number of hydrogen-bond acceptors (Lipinski definition) is 3. The van der Waals surface area contributed by atoms with Crippen molar-refractivity contribution in [3.8, 4) is 0 Å². The number of nitrogens with zero attached hydrogens (tertiary/aromatic N) is 2. The standard InChI is InChI=1S/C15H20FN3O2/c1-18(2)7-6-17-15(21)11-8-14(20)19(10-11)13-5-3-4-12(16)9-13/h3-5,9,11H,6-8,10H2,1-2H3,(H,17,21). The van der Waals surface area contributed by atoms with Crippen LogP contribution < -0.4 is 10.2 Å². The van der Waals surface area contributed by atoms with Crippen molar-refractivity contribution in [1.82, 2.24) is 10.2 Å². The van der Waals surface area contributed by atoms with Crippen LogP contribution in [0.4, 0.5) is 10.1 Å². The fourth-order valence-corrected chi connectivity index (χ4v) is 2.32. The monoisotopic (exact) mass is 293 g/mol. The minimum atomic E-state index is -0.390. The summed E-state index contributed by atoms with van der Waals surface area (Å²) in [6, 6.07) is 5.87. The molecular weight excluding hydrogens is 273 g/mol. The fraction of sp³-hybridized carbons (Fsp3) is 0.467. The minimum Gasteiger partial charge on any atom is -0.355 e. The van der Waals surface area contributed by atoms with E-state index in [0.29, 0.717) is 18.8 Å². The summed E-state index contributed by atoms with van der Waals surface area (Å²) in [6.07, 6.45) is 0.171. The van der Waals surface area contributed by atoms with Gasteiger partial charge in [-0.1, -0.05) is 6.07 Å². The normalized spacial score (nSPS) is 18.4. The maximum Gasteiger partial charge on any atom is 0.227 e. The Bertz CT molecular complexity index is 533. The van der Waals surface area contributed by atoms with Gasteiger partial charge in [0.15, 0.2) is 0 Å². The van der Waals surface area contributed by atoms with Crippen LogP contribution in [-0.2, 0) is 9.59 Å². The van der Waals surface area contributed by atoms with Gasteiger partial charge in [-0.2, -0.15) is 0 Å². The second-order valence-corrected chi connectivity index (χ2v) is 5.48. The summed E-state index contributed by atoms with van der Waals surface area (Å²) in [6.45, 7) is 1.60. The molecule has 1 heterocycles. The molecule has 0 spiro atoms. The molecule has 1 aliphatic heterocycles. The molecule has 5 nitrogen and oxygen atoms in total. The highest BCUT2D eigenvalue weighted by Gasteiger charge is 2.35. The fourth-order valence-electron chi connectivity index (χ4n) is 2.32. The largest absolute Gasteiger partial charge is 0.355 e. The van der Waals surface area contributed by atoms with E-state index in [1.54, 1.807) is 12.1 Å². The van der Waals surface area contributed by atoms with E-state index in [1.165, 1.54) is 17.0 Å². The maximum absolute atomic E-state index is 13.2. The van der Waals surface area contributed by atoms with Crippen molar-refractivity contribution in [3.05, 3.63) is 30.1 Å². The Balaban J connectivity index is 1.94. The van der Waals surface area contributed by atoms with Gasteiger partial charge in [-0.15, -0.1) is 0 Å². The quantitative estimate of drug-likeness (QED) is 0.876. The number of anilines is 1. The molecule has 1 fully saturated rings. The first-order valence-electron chi connectivity index (χ1n) is 6.95. The number of halogens is 1. The predicted octanol–water partition coefficient (Wildman–Crippen LogP) is 0.856. The number of amides is 2. The molecule has 1 N–H and O–H groups in total. The lowest BCUT2D eigenvalue weighted by atomic mass is 10.1. The molecular formula is C15H20FN3O2. The van der Waals surface area contributed by atoms with E-state index >= 15 is 0 Å². The summed E-state index contributed by atoms with van der Waals surface area (Å²) in [4.78, 5) is 27.5. The summed E-state index contributed by atoms with van der Waals surface area (Å²) in [5, 5.41) is 2.83. The third kappa shape index (κ3) is 4.01. The van der Waals surface area contributed by atoms with Gasteiger partial charge in [0.05, 0.1) is 5.92 Å². The van der Waals surface area contributed by atoms with Crippen LogP contribution in [0.2, 0.25) is 0 Å². The third-order valence-electron chi connectivity index (χ3n) is 3.47. The van der Waals surface area contributed by atoms with Crippen molar-refractivity contribution >= 4 is 17.5 Å². The predicted molar refractivity (Wildman–Crippen MR) is 78.4 cm³/mol. The Hall–Kier alpha value is -1.95. The van der Waals surface area contributed by atoms with Crippen molar-refractivity contribution in [3.63, 3.8) is 0 Å². The summed E-state index contributed by atoms with van der Waals surface area (Å²) >= 11 is 0. The molecule has 1 aliphatic rings. The van der Waals surface area contributed by atoms with Crippen LogP contribution in [0.5, 0.6) is 0 Å². The molecule has 1 saturated heterocycles. The molecule has 0 bridgehead atoms. The number of hydrogen-bond donors (Lipinski definition) is 1. The van der Waals surface area contributed by atoms with Gasteiger partial charge in [0, 0.05) is 31.7 Å². The zero-order valence-electron chi connectivity index (χ0n) is 12.3. The van der Waals surface area contributed by atoms with Gasteiger partial charge in [-0.05, 0) is 32.3 Å². The number of likely N-dealkylation sites (N-methyl/N-ethyl adjacent to an activating group) is 1. The van der Waals surface area contributed by atoms with Crippen molar-refractivity contribution < 1.29 is 14.0 Å². The number of carbonyl (C=O) groups is 2. The van der Waals surface area contributed by atoms with Crippen LogP contribution in [0.15, 0.2) is 24.3 Å². The van der Waals surface area contributed by atoms with E-state index in [2.05, 4.69) is 5.32 Å². The Morgan fingerprint density at radius 2 is 2.24 bits per heavy atom. The average molecular weight is 293 g/mol. The van der Waals surface area contributed by atoms with Crippen LogP contribution in [0, 0.1) is 11.7 Å². The van der Waals surface area contributed by atoms with Gasteiger partial charge in [0.1, 0.15) is 5.82 Å². The SMILES string of the molecule is CN(C)CCNC(=O)C1CC(=O)N(c2cccc(F)c2)C1. The molecule has 0 radical (unpaired) electrons. The molecule has 21 heavy (non-hydrogen) atoms. The van der Waals surface area contributed by atoms with E-state index in [9.17, 15) is 14.0 Å². The Labute approximate surface area is 123 Å². The molecule has 1 aromatic carbocycles. The highest BCUT2D eigenvalue weighted by Crippen LogP contribution is 2.25. The molecule has 0 aliphatic carbocycles. The topological polar surface area (TPSA) is 52.7 Å². The van der Waals surface area contributed by atoms with E-state index < -0.39 is 0 Å². The smallest absolute Gasteiger partial charge is 0.227 e. The zero-order chi connectivity index (χ0) is 15.4. The first-order valence-corrected chi connectivity index (χ1v) is 6.95. The van der Waals surface area contributed by atoms with Gasteiger partial charge < -0.3 is 15.1 Å². The molecule has 1 atom stereocenters. The summed E-state index contributed by atoms with van der Waals surface area (Å²) in [5.74, 6) is -1.03. The number of carbonyl (C=O) groups excluding carboxylic acids is 2. The van der Waals surface area contributed by atoms with Crippen molar-refractivity contribution in [1.29, 1.82) is 0 Å². The Morgan fingerprint density at radius 3 is 2.90 bits per heavy atom. The summed E-state index contributed by atoms with van der Waals surface area (Å²) in [7, 11) is 3.86. The first-order chi connectivity index (χ1) is 9.97. The van der Waals surface area contributed by atoms with E-state index in [1.807, 2.05) is 19.0 Å². The Morgan fingerprint density at radius 1 is 1.48 bits per heavy atom. The molecule has 2 amide bonds. The molecule has 2 rings (SSSR count). The van der Waals surface area contributed by atoms with Gasteiger partial charge in [-0.25, -0.2) is 4.39 Å². The van der Waals surface area contributed by atoms with Crippen LogP contribution >= 0.6 is 0 Å². The highest BCUT2D eigenvalue weighted by molar-refractivity contribution is 6.00. The van der Waals surface area contributed by atoms with Gasteiger partial charge in [-0.3, -0.25) is 9.59 Å². The lowest BCUT2D eigenvalue weighted by Gasteiger charge is -2.17. The highest BCUT2D eigenvalue weighted by atomic mass is 19.1. The summed E-state index contributed by atoms with van der Waals surface area (Å²) in [5.41, 5.74) is 0.503. The first kappa shape index (κ1) is 15.4. The second kappa shape index (κ2) is 6.67. The molecule has 114 valence electrons. The average Bonchev–Trinajstić information content (AvgIpc) is 2.80. The van der Waals surface area contributed by atoms with E-state index in [-0.39, 0.29) is 30.0 Å². The lowest BCUT2D eigenvalue weighted by molar-refractivity contribution is -0.126. The van der Waals surface area contributed by atoms with Crippen molar-refractivity contribution in [2.45, 2.75) is 6.42 Å².